The van der Waals surface area contributed by atoms with E-state index in [4.69, 9.17) is 4.74 Å². The van der Waals surface area contributed by atoms with Crippen LogP contribution >= 0.6 is 0 Å². The zero-order valence-corrected chi connectivity index (χ0v) is 14.4. The van der Waals surface area contributed by atoms with Crippen molar-refractivity contribution < 1.29 is 26.7 Å². The van der Waals surface area contributed by atoms with E-state index in [9.17, 15) is 17.2 Å². The molecule has 3 rings (SSSR count). The summed E-state index contributed by atoms with van der Waals surface area (Å²) < 4.78 is 66.0. The largest absolute Gasteiger partial charge is 0.493 e. The Labute approximate surface area is 144 Å². The summed E-state index contributed by atoms with van der Waals surface area (Å²) in [5.74, 6) is 0.362. The summed E-state index contributed by atoms with van der Waals surface area (Å²) in [6, 6.07) is 4.63. The minimum atomic E-state index is -3.92. The van der Waals surface area contributed by atoms with Crippen molar-refractivity contribution in [3.63, 3.8) is 0 Å². The highest BCUT2D eigenvalue weighted by Gasteiger charge is 2.36. The molecule has 0 radical (unpaired) electrons. The molecule has 0 aromatic heterocycles. The summed E-state index contributed by atoms with van der Waals surface area (Å²) >= 11 is 0. The third-order valence-electron chi connectivity index (χ3n) is 4.16. The lowest BCUT2D eigenvalue weighted by atomic mass is 10.1. The summed E-state index contributed by atoms with van der Waals surface area (Å²) in [4.78, 5) is 1.79. The van der Waals surface area contributed by atoms with Crippen LogP contribution in [0.5, 0.6) is 11.5 Å². The maximum Gasteiger partial charge on any atom is 0.387 e. The van der Waals surface area contributed by atoms with Crippen molar-refractivity contribution in [1.82, 2.24) is 9.62 Å². The summed E-state index contributed by atoms with van der Waals surface area (Å²) in [7, 11) is -2.58. The molecule has 1 aromatic carbocycles. The molecule has 2 heterocycles. The molecule has 0 amide bonds. The lowest BCUT2D eigenvalue weighted by Gasteiger charge is -2.37. The second kappa shape index (κ2) is 7.12. The standard InChI is InChI=1S/C15H19F2N3O4S/c1-23-11-7-5-6-10(13(11)24-15(16)17)14-19-25(21,22)18-12-8-3-2-4-9-20(12)14/h5-7,14-15,19H,2-4,8-9H2,1H3. The van der Waals surface area contributed by atoms with Gasteiger partial charge >= 0.3 is 16.8 Å². The van der Waals surface area contributed by atoms with Gasteiger partial charge in [-0.25, -0.2) is 0 Å². The van der Waals surface area contributed by atoms with Crippen LogP contribution in [0.1, 0.15) is 37.4 Å². The predicted octanol–water partition coefficient (Wildman–Crippen LogP) is 2.42. The molecule has 138 valence electrons. The van der Waals surface area contributed by atoms with E-state index in [-0.39, 0.29) is 17.1 Å². The molecule has 7 nitrogen and oxygen atoms in total. The molecular formula is C15H19F2N3O4S. The van der Waals surface area contributed by atoms with Gasteiger partial charge in [-0.2, -0.15) is 21.9 Å². The number of methoxy groups -OCH3 is 1. The first-order valence-corrected chi connectivity index (χ1v) is 9.35. The maximum atomic E-state index is 12.9. The summed E-state index contributed by atoms with van der Waals surface area (Å²) in [6.45, 7) is -2.50. The Kier molecular flexibility index (Phi) is 5.09. The van der Waals surface area contributed by atoms with Crippen molar-refractivity contribution in [3.8, 4) is 11.5 Å². The van der Waals surface area contributed by atoms with Gasteiger partial charge in [0.2, 0.25) is 0 Å². The molecule has 0 aliphatic carbocycles. The number of ether oxygens (including phenoxy) is 2. The van der Waals surface area contributed by atoms with Crippen molar-refractivity contribution in [2.75, 3.05) is 13.7 Å². The molecule has 1 atom stereocenters. The van der Waals surface area contributed by atoms with Gasteiger partial charge in [-0.05, 0) is 18.9 Å². The molecule has 1 aromatic rings. The number of para-hydroxylation sites is 1. The van der Waals surface area contributed by atoms with Crippen molar-refractivity contribution in [2.45, 2.75) is 38.5 Å². The van der Waals surface area contributed by atoms with E-state index in [0.717, 1.165) is 19.3 Å². The van der Waals surface area contributed by atoms with Crippen LogP contribution in [-0.4, -0.2) is 39.4 Å². The van der Waals surface area contributed by atoms with Gasteiger partial charge in [0.25, 0.3) is 0 Å². The molecule has 0 saturated carbocycles. The van der Waals surface area contributed by atoms with Gasteiger partial charge in [0.1, 0.15) is 12.0 Å². The minimum absolute atomic E-state index is 0.107. The number of nitrogens with one attached hydrogen (secondary N) is 1. The van der Waals surface area contributed by atoms with Crippen LogP contribution in [0.15, 0.2) is 22.6 Å². The zero-order valence-electron chi connectivity index (χ0n) is 13.6. The molecule has 2 aliphatic rings. The minimum Gasteiger partial charge on any atom is -0.493 e. The quantitative estimate of drug-likeness (QED) is 0.874. The molecule has 1 saturated heterocycles. The van der Waals surface area contributed by atoms with Gasteiger partial charge < -0.3 is 14.4 Å². The third kappa shape index (κ3) is 3.84. The number of alkyl halides is 2. The van der Waals surface area contributed by atoms with E-state index < -0.39 is 23.0 Å². The molecule has 1 N–H and O–H groups in total. The van der Waals surface area contributed by atoms with Crippen LogP contribution in [0.3, 0.4) is 0 Å². The van der Waals surface area contributed by atoms with E-state index in [1.807, 2.05) is 0 Å². The highest BCUT2D eigenvalue weighted by atomic mass is 32.2. The van der Waals surface area contributed by atoms with Crippen molar-refractivity contribution in [3.05, 3.63) is 23.8 Å². The lowest BCUT2D eigenvalue weighted by Crippen LogP contribution is -2.48. The Morgan fingerprint density at radius 3 is 2.84 bits per heavy atom. The van der Waals surface area contributed by atoms with Crippen LogP contribution in [0.2, 0.25) is 0 Å². The highest BCUT2D eigenvalue weighted by Crippen LogP contribution is 2.39. The maximum absolute atomic E-state index is 12.9. The Balaban J connectivity index is 2.09. The van der Waals surface area contributed by atoms with Crippen molar-refractivity contribution in [2.24, 2.45) is 4.40 Å². The van der Waals surface area contributed by atoms with Gasteiger partial charge in [-0.15, -0.1) is 4.40 Å². The second-order valence-corrected chi connectivity index (χ2v) is 7.13. The lowest BCUT2D eigenvalue weighted by molar-refractivity contribution is -0.0524. The van der Waals surface area contributed by atoms with Gasteiger partial charge in [-0.3, -0.25) is 0 Å². The van der Waals surface area contributed by atoms with Crippen LogP contribution in [0, 0.1) is 0 Å². The first-order valence-electron chi connectivity index (χ1n) is 7.91. The summed E-state index contributed by atoms with van der Waals surface area (Å²) in [5.41, 5.74) is 0.262. The molecule has 2 aliphatic heterocycles. The average Bonchev–Trinajstić information content (AvgIpc) is 2.78. The zero-order chi connectivity index (χ0) is 18.0. The normalized spacial score (nSPS) is 22.8. The molecule has 0 spiro atoms. The van der Waals surface area contributed by atoms with Gasteiger partial charge in [0.05, 0.1) is 7.11 Å². The van der Waals surface area contributed by atoms with Crippen LogP contribution < -0.4 is 14.2 Å². The number of rotatable bonds is 4. The fourth-order valence-corrected chi connectivity index (χ4v) is 4.18. The van der Waals surface area contributed by atoms with Gasteiger partial charge in [-0.1, -0.05) is 18.6 Å². The number of hydrogen-bond donors (Lipinski definition) is 1. The SMILES string of the molecule is COc1cccc(C2NS(=O)(=O)N=C3CCCCCN32)c1OC(F)F. The number of nitrogens with zero attached hydrogens (tertiary/aromatic N) is 2. The molecule has 1 fully saturated rings. The van der Waals surface area contributed by atoms with E-state index in [1.54, 1.807) is 17.0 Å². The Morgan fingerprint density at radius 2 is 2.12 bits per heavy atom. The van der Waals surface area contributed by atoms with Crippen LogP contribution in [0.4, 0.5) is 8.78 Å². The fourth-order valence-electron chi connectivity index (χ4n) is 3.12. The van der Waals surface area contributed by atoms with Crippen molar-refractivity contribution in [1.29, 1.82) is 0 Å². The molecule has 25 heavy (non-hydrogen) atoms. The van der Waals surface area contributed by atoms with E-state index in [2.05, 4.69) is 13.9 Å². The molecular weight excluding hydrogens is 356 g/mol. The molecule has 10 heteroatoms. The van der Waals surface area contributed by atoms with Gasteiger partial charge in [0.15, 0.2) is 11.5 Å². The third-order valence-corrected chi connectivity index (χ3v) is 5.13. The van der Waals surface area contributed by atoms with Crippen molar-refractivity contribution >= 4 is 16.0 Å². The fraction of sp³-hybridized carbons (Fsp3) is 0.533. The number of hydrogen-bond acceptors (Lipinski definition) is 5. The van der Waals surface area contributed by atoms with Crippen LogP contribution in [0.25, 0.3) is 0 Å². The monoisotopic (exact) mass is 375 g/mol. The summed E-state index contributed by atoms with van der Waals surface area (Å²) in [5, 5.41) is 0. The van der Waals surface area contributed by atoms with E-state index >= 15 is 0 Å². The molecule has 0 bridgehead atoms. The summed E-state index contributed by atoms with van der Waals surface area (Å²) in [6.07, 6.45) is 2.27. The number of halogens is 2. The topological polar surface area (TPSA) is 80.2 Å². The first kappa shape index (κ1) is 17.9. The van der Waals surface area contributed by atoms with E-state index in [1.165, 1.54) is 13.2 Å². The Bertz CT molecular complexity index is 770. The molecule has 1 unspecified atom stereocenters. The Morgan fingerprint density at radius 1 is 1.32 bits per heavy atom. The first-order chi connectivity index (χ1) is 11.9. The highest BCUT2D eigenvalue weighted by molar-refractivity contribution is 7.88. The second-order valence-electron chi connectivity index (χ2n) is 5.76. The van der Waals surface area contributed by atoms with Crippen LogP contribution in [-0.2, 0) is 10.2 Å². The van der Waals surface area contributed by atoms with Gasteiger partial charge in [0, 0.05) is 18.5 Å². The predicted molar refractivity (Wildman–Crippen MR) is 87.0 cm³/mol. The smallest absolute Gasteiger partial charge is 0.387 e. The Hall–Kier alpha value is -1.94. The number of benzene rings is 1. The number of amidine groups is 1. The van der Waals surface area contributed by atoms with E-state index in [0.29, 0.717) is 18.8 Å². The number of fused-ring (bicyclic) bond motifs is 1. The average molecular weight is 375 g/mol.